The largest absolute Gasteiger partial charge is 0.494 e. The van der Waals surface area contributed by atoms with Gasteiger partial charge in [0.2, 0.25) is 10.0 Å². The fraction of sp³-hybridized carbons (Fsp3) is 0.462. The lowest BCUT2D eigenvalue weighted by atomic mass is 10.2. The standard InChI is InChI=1S/C13H17NO6S/c1-2-20-10-3-5-11(6-4-10)21(18,19)14-8-9(15)7-12(14)13(16)17/h3-6,9,12,15H,2,7-8H2,1H3,(H,16,17)/t9-,12-/m0/s1. The molecular formula is C13H17NO6S. The fourth-order valence-corrected chi connectivity index (χ4v) is 3.91. The molecule has 1 heterocycles. The summed E-state index contributed by atoms with van der Waals surface area (Å²) in [7, 11) is -3.96. The number of carboxylic acids is 1. The summed E-state index contributed by atoms with van der Waals surface area (Å²) in [5.41, 5.74) is 0. The zero-order chi connectivity index (χ0) is 15.6. The van der Waals surface area contributed by atoms with E-state index in [9.17, 15) is 18.3 Å². The number of β-amino-alcohol motifs (C(OH)–C–C–N with tert-alkyl or cyclic N) is 1. The molecule has 0 unspecified atom stereocenters. The minimum absolute atomic E-state index is 0.0219. The third-order valence-corrected chi connectivity index (χ3v) is 5.15. The Labute approximate surface area is 122 Å². The second-order valence-corrected chi connectivity index (χ2v) is 6.61. The number of aliphatic hydroxyl groups is 1. The van der Waals surface area contributed by atoms with Gasteiger partial charge in [0.25, 0.3) is 0 Å². The molecule has 1 aromatic rings. The maximum absolute atomic E-state index is 12.5. The highest BCUT2D eigenvalue weighted by Gasteiger charge is 2.43. The normalized spacial score (nSPS) is 23.1. The number of hydrogen-bond donors (Lipinski definition) is 2. The second kappa shape index (κ2) is 6.00. The van der Waals surface area contributed by atoms with Gasteiger partial charge in [-0.25, -0.2) is 8.42 Å². The Morgan fingerprint density at radius 3 is 2.52 bits per heavy atom. The molecule has 1 aliphatic heterocycles. The van der Waals surface area contributed by atoms with Gasteiger partial charge in [0.15, 0.2) is 0 Å². The highest BCUT2D eigenvalue weighted by molar-refractivity contribution is 7.89. The lowest BCUT2D eigenvalue weighted by molar-refractivity contribution is -0.140. The Kier molecular flexibility index (Phi) is 4.50. The van der Waals surface area contributed by atoms with Crippen molar-refractivity contribution in [2.45, 2.75) is 30.4 Å². The van der Waals surface area contributed by atoms with E-state index >= 15 is 0 Å². The molecule has 7 nitrogen and oxygen atoms in total. The average molecular weight is 315 g/mol. The van der Waals surface area contributed by atoms with Crippen molar-refractivity contribution in [3.05, 3.63) is 24.3 Å². The van der Waals surface area contributed by atoms with E-state index in [1.54, 1.807) is 0 Å². The molecule has 2 N–H and O–H groups in total. The first-order valence-electron chi connectivity index (χ1n) is 6.52. The predicted octanol–water partition coefficient (Wildman–Crippen LogP) is 0.294. The van der Waals surface area contributed by atoms with Crippen LogP contribution in [0.3, 0.4) is 0 Å². The number of aliphatic carboxylic acids is 1. The van der Waals surface area contributed by atoms with Crippen molar-refractivity contribution in [1.29, 1.82) is 0 Å². The summed E-state index contributed by atoms with van der Waals surface area (Å²) in [6.07, 6.45) is -1.07. The number of benzene rings is 1. The molecule has 0 aliphatic carbocycles. The van der Waals surface area contributed by atoms with Gasteiger partial charge < -0.3 is 14.9 Å². The summed E-state index contributed by atoms with van der Waals surface area (Å²) in [6.45, 7) is 2.06. The summed E-state index contributed by atoms with van der Waals surface area (Å²) in [5, 5.41) is 18.6. The van der Waals surface area contributed by atoms with Crippen molar-refractivity contribution in [1.82, 2.24) is 4.31 Å². The number of hydrogen-bond acceptors (Lipinski definition) is 5. The van der Waals surface area contributed by atoms with Gasteiger partial charge in [0, 0.05) is 13.0 Å². The minimum Gasteiger partial charge on any atom is -0.494 e. The van der Waals surface area contributed by atoms with Crippen molar-refractivity contribution in [3.8, 4) is 5.75 Å². The van der Waals surface area contributed by atoms with Crippen LogP contribution in [0.2, 0.25) is 0 Å². The third kappa shape index (κ3) is 3.17. The maximum atomic E-state index is 12.5. The second-order valence-electron chi connectivity index (χ2n) is 4.72. The van der Waals surface area contributed by atoms with Gasteiger partial charge in [-0.05, 0) is 31.2 Å². The van der Waals surface area contributed by atoms with Crippen LogP contribution < -0.4 is 4.74 Å². The zero-order valence-electron chi connectivity index (χ0n) is 11.5. The number of ether oxygens (including phenoxy) is 1. The van der Waals surface area contributed by atoms with Gasteiger partial charge in [-0.2, -0.15) is 4.31 Å². The quantitative estimate of drug-likeness (QED) is 0.809. The maximum Gasteiger partial charge on any atom is 0.322 e. The molecule has 0 saturated carbocycles. The molecule has 0 spiro atoms. The van der Waals surface area contributed by atoms with Crippen molar-refractivity contribution >= 4 is 16.0 Å². The van der Waals surface area contributed by atoms with Crippen molar-refractivity contribution in [3.63, 3.8) is 0 Å². The highest BCUT2D eigenvalue weighted by atomic mass is 32.2. The molecule has 0 aromatic heterocycles. The van der Waals surface area contributed by atoms with Crippen LogP contribution in [-0.4, -0.2) is 54.2 Å². The Morgan fingerprint density at radius 2 is 2.00 bits per heavy atom. The Balaban J connectivity index is 2.30. The monoisotopic (exact) mass is 315 g/mol. The van der Waals surface area contributed by atoms with Crippen LogP contribution in [0.15, 0.2) is 29.2 Å². The molecule has 116 valence electrons. The molecule has 1 saturated heterocycles. The van der Waals surface area contributed by atoms with E-state index in [2.05, 4.69) is 0 Å². The fourth-order valence-electron chi connectivity index (χ4n) is 2.28. The van der Waals surface area contributed by atoms with Crippen LogP contribution in [0, 0.1) is 0 Å². The summed E-state index contributed by atoms with van der Waals surface area (Å²) in [4.78, 5) is 11.1. The zero-order valence-corrected chi connectivity index (χ0v) is 12.3. The molecule has 1 aromatic carbocycles. The molecule has 2 rings (SSSR count). The Hall–Kier alpha value is -1.64. The first-order valence-corrected chi connectivity index (χ1v) is 7.96. The molecule has 8 heteroatoms. The minimum atomic E-state index is -3.96. The van der Waals surface area contributed by atoms with E-state index in [0.717, 1.165) is 4.31 Å². The number of aliphatic hydroxyl groups excluding tert-OH is 1. The number of sulfonamides is 1. The van der Waals surface area contributed by atoms with E-state index < -0.39 is 28.1 Å². The van der Waals surface area contributed by atoms with Crippen molar-refractivity contribution in [2.24, 2.45) is 0 Å². The van der Waals surface area contributed by atoms with Gasteiger partial charge in [-0.3, -0.25) is 4.79 Å². The van der Waals surface area contributed by atoms with Crippen molar-refractivity contribution < 1.29 is 28.2 Å². The van der Waals surface area contributed by atoms with Gasteiger partial charge in [0.05, 0.1) is 17.6 Å². The SMILES string of the molecule is CCOc1ccc(S(=O)(=O)N2C[C@@H](O)C[C@H]2C(=O)O)cc1. The Morgan fingerprint density at radius 1 is 1.38 bits per heavy atom. The number of rotatable bonds is 5. The van der Waals surface area contributed by atoms with E-state index in [1.807, 2.05) is 6.92 Å². The first-order chi connectivity index (χ1) is 9.86. The lowest BCUT2D eigenvalue weighted by Gasteiger charge is -2.20. The van der Waals surface area contributed by atoms with Gasteiger partial charge >= 0.3 is 5.97 Å². The van der Waals surface area contributed by atoms with E-state index in [-0.39, 0.29) is 17.9 Å². The molecule has 0 radical (unpaired) electrons. The molecule has 21 heavy (non-hydrogen) atoms. The lowest BCUT2D eigenvalue weighted by Crippen LogP contribution is -2.40. The predicted molar refractivity (Wildman–Crippen MR) is 73.6 cm³/mol. The molecular weight excluding hydrogens is 298 g/mol. The van der Waals surface area contributed by atoms with E-state index in [1.165, 1.54) is 24.3 Å². The van der Waals surface area contributed by atoms with E-state index in [0.29, 0.717) is 12.4 Å². The summed E-state index contributed by atoms with van der Waals surface area (Å²) >= 11 is 0. The highest BCUT2D eigenvalue weighted by Crippen LogP contribution is 2.27. The number of nitrogens with zero attached hydrogens (tertiary/aromatic N) is 1. The summed E-state index contributed by atoms with van der Waals surface area (Å²) in [6, 6.07) is 4.52. The number of carboxylic acid groups (broad SMARTS) is 1. The van der Waals surface area contributed by atoms with Crippen LogP contribution >= 0.6 is 0 Å². The third-order valence-electron chi connectivity index (χ3n) is 3.26. The van der Waals surface area contributed by atoms with Gasteiger partial charge in [-0.15, -0.1) is 0 Å². The van der Waals surface area contributed by atoms with Crippen LogP contribution in [-0.2, 0) is 14.8 Å². The van der Waals surface area contributed by atoms with Crippen LogP contribution in [0.1, 0.15) is 13.3 Å². The van der Waals surface area contributed by atoms with Crippen LogP contribution in [0.5, 0.6) is 5.75 Å². The van der Waals surface area contributed by atoms with Gasteiger partial charge in [-0.1, -0.05) is 0 Å². The molecule has 1 fully saturated rings. The average Bonchev–Trinajstić information content (AvgIpc) is 2.83. The van der Waals surface area contributed by atoms with Gasteiger partial charge in [0.1, 0.15) is 11.8 Å². The first kappa shape index (κ1) is 15.7. The van der Waals surface area contributed by atoms with Crippen LogP contribution in [0.4, 0.5) is 0 Å². The van der Waals surface area contributed by atoms with Crippen molar-refractivity contribution in [2.75, 3.05) is 13.2 Å². The molecule has 0 amide bonds. The Bertz CT molecular complexity index is 612. The van der Waals surface area contributed by atoms with Crippen LogP contribution in [0.25, 0.3) is 0 Å². The summed E-state index contributed by atoms with van der Waals surface area (Å²) < 4.78 is 31.0. The smallest absolute Gasteiger partial charge is 0.322 e. The molecule has 0 bridgehead atoms. The molecule has 1 aliphatic rings. The molecule has 2 atom stereocenters. The number of carbonyl (C=O) groups is 1. The van der Waals surface area contributed by atoms with E-state index in [4.69, 9.17) is 9.84 Å². The topological polar surface area (TPSA) is 104 Å². The summed E-state index contributed by atoms with van der Waals surface area (Å²) in [5.74, 6) is -0.728.